The molecule has 0 heterocycles. The first kappa shape index (κ1) is 38.8. The normalized spacial score (nSPS) is 25.5. The maximum atomic E-state index is 13.7. The molecule has 3 atom stereocenters. The van der Waals surface area contributed by atoms with Crippen LogP contribution in [0.3, 0.4) is 0 Å². The Morgan fingerprint density at radius 3 is 2.09 bits per heavy atom. The molecule has 4 aliphatic carbocycles. The molecule has 0 saturated heterocycles. The van der Waals surface area contributed by atoms with Gasteiger partial charge in [-0.1, -0.05) is 44.2 Å². The first-order chi connectivity index (χ1) is 20.4. The lowest BCUT2D eigenvalue weighted by atomic mass is 9.54. The summed E-state index contributed by atoms with van der Waals surface area (Å²) in [5.74, 6) is 2.06. The highest BCUT2D eigenvalue weighted by Gasteiger charge is 2.49. The zero-order chi connectivity index (χ0) is 31.1. The Morgan fingerprint density at radius 1 is 0.933 bits per heavy atom. The molecule has 0 radical (unpaired) electrons. The molecule has 254 valence electrons. The number of carbonyl (C=O) groups is 4. The van der Waals surface area contributed by atoms with Gasteiger partial charge in [-0.15, -0.1) is 12.4 Å². The molecule has 4 bridgehead atoms. The summed E-state index contributed by atoms with van der Waals surface area (Å²) in [5, 5.41) is 11.7. The number of nitrogens with one attached hydrogen (secondary N) is 4. The van der Waals surface area contributed by atoms with E-state index in [1.165, 1.54) is 32.1 Å². The third kappa shape index (κ3) is 10.9. The van der Waals surface area contributed by atoms with Gasteiger partial charge in [0.15, 0.2) is 0 Å². The van der Waals surface area contributed by atoms with Gasteiger partial charge in [-0.3, -0.25) is 19.2 Å². The van der Waals surface area contributed by atoms with Crippen molar-refractivity contribution < 1.29 is 24.7 Å². The summed E-state index contributed by atoms with van der Waals surface area (Å²) in [4.78, 5) is 52.8. The van der Waals surface area contributed by atoms with E-state index in [1.54, 1.807) is 18.7 Å². The van der Waals surface area contributed by atoms with Gasteiger partial charge >= 0.3 is 0 Å². The highest BCUT2D eigenvalue weighted by atomic mass is 35.5. The zero-order valence-electron chi connectivity index (χ0n) is 27.1. The fraction of sp³-hybridized carbons (Fsp3) is 0.697. The summed E-state index contributed by atoms with van der Waals surface area (Å²) in [7, 11) is 0. The minimum Gasteiger partial charge on any atom is -0.412 e. The second-order valence-electron chi connectivity index (χ2n) is 13.8. The lowest BCUT2D eigenvalue weighted by Gasteiger charge is -2.54. The summed E-state index contributed by atoms with van der Waals surface area (Å²) in [6.07, 6.45) is 9.27. The maximum absolute atomic E-state index is 13.7. The fourth-order valence-electron chi connectivity index (χ4n) is 7.79. The lowest BCUT2D eigenvalue weighted by molar-refractivity contribution is -0.133. The number of thioether (sulfide) groups is 1. The number of nitrogens with two attached hydrogens (primary N) is 1. The van der Waals surface area contributed by atoms with Gasteiger partial charge in [0.2, 0.25) is 23.6 Å². The average Bonchev–Trinajstić information content (AvgIpc) is 2.94. The zero-order valence-corrected chi connectivity index (χ0v) is 28.7. The monoisotopic (exact) mass is 667 g/mol. The van der Waals surface area contributed by atoms with Crippen LogP contribution >= 0.6 is 24.2 Å². The number of halogens is 1. The standard InChI is InChI=1S/C33H51N5O4S.ClH.H2O/c1-20(2)18-33(3,34)32(42)37-26(10-11-43-4)30(40)35-19-28(39)36-27(17-21-8-6-5-7-9-21)31(41)38-29-24-13-22-12-23(15-24)16-25(29)14-22;;/h5-9,20,22-27,29H,10-19,34H2,1-4H3,(H,35,40)(H,36,39)(H,37,42)(H,38,41);1H;1H2/t22?,23?,24?,25?,26-,27+,29?,33-;;/m1../s1. The summed E-state index contributed by atoms with van der Waals surface area (Å²) in [6.45, 7) is 5.35. The van der Waals surface area contributed by atoms with Crippen molar-refractivity contribution in [1.82, 2.24) is 21.3 Å². The molecular formula is C33H54ClN5O5S. The predicted molar refractivity (Wildman–Crippen MR) is 182 cm³/mol. The second-order valence-corrected chi connectivity index (χ2v) is 14.8. The average molecular weight is 668 g/mol. The Labute approximate surface area is 278 Å². The van der Waals surface area contributed by atoms with Gasteiger partial charge in [0.1, 0.15) is 12.1 Å². The van der Waals surface area contributed by atoms with E-state index < -0.39 is 35.3 Å². The van der Waals surface area contributed by atoms with Gasteiger partial charge in [-0.2, -0.15) is 11.8 Å². The van der Waals surface area contributed by atoms with E-state index in [-0.39, 0.29) is 42.3 Å². The van der Waals surface area contributed by atoms with Gasteiger partial charge in [0.05, 0.1) is 12.1 Å². The Hall–Kier alpha value is -2.34. The van der Waals surface area contributed by atoms with E-state index in [9.17, 15) is 19.2 Å². The number of hydrogen-bond donors (Lipinski definition) is 5. The molecule has 0 spiro atoms. The van der Waals surface area contributed by atoms with Crippen molar-refractivity contribution >= 4 is 47.8 Å². The van der Waals surface area contributed by atoms with E-state index in [0.29, 0.717) is 36.9 Å². The molecule has 12 heteroatoms. The third-order valence-electron chi connectivity index (χ3n) is 9.48. The SMILES string of the molecule is CSCC[C@@H](NC(=O)[C@](C)(N)CC(C)C)C(=O)NCC(=O)N[C@@H](Cc1ccccc1)C(=O)NC1C2CC3CC(C2)CC1C3.Cl.O. The number of hydrogen-bond acceptors (Lipinski definition) is 6. The molecule has 8 N–H and O–H groups in total. The van der Waals surface area contributed by atoms with Crippen LogP contribution in [0.4, 0.5) is 0 Å². The first-order valence-corrected chi connectivity index (χ1v) is 17.3. The Morgan fingerprint density at radius 2 is 1.53 bits per heavy atom. The van der Waals surface area contributed by atoms with Crippen LogP contribution in [-0.2, 0) is 25.6 Å². The lowest BCUT2D eigenvalue weighted by Crippen LogP contribution is -2.60. The van der Waals surface area contributed by atoms with Gasteiger partial charge < -0.3 is 32.5 Å². The minimum absolute atomic E-state index is 0. The van der Waals surface area contributed by atoms with Gasteiger partial charge in [0, 0.05) is 12.5 Å². The number of benzene rings is 1. The van der Waals surface area contributed by atoms with Gasteiger partial charge in [-0.05, 0) is 99.0 Å². The van der Waals surface area contributed by atoms with Crippen molar-refractivity contribution in [3.8, 4) is 0 Å². The van der Waals surface area contributed by atoms with E-state index in [1.807, 2.05) is 50.4 Å². The second kappa shape index (κ2) is 17.5. The van der Waals surface area contributed by atoms with E-state index >= 15 is 0 Å². The fourth-order valence-corrected chi connectivity index (χ4v) is 8.26. The van der Waals surface area contributed by atoms with Crippen molar-refractivity contribution in [1.29, 1.82) is 0 Å². The van der Waals surface area contributed by atoms with Crippen LogP contribution in [0, 0.1) is 29.6 Å². The molecule has 0 unspecified atom stereocenters. The minimum atomic E-state index is -1.11. The highest BCUT2D eigenvalue weighted by molar-refractivity contribution is 7.98. The quantitative estimate of drug-likeness (QED) is 0.192. The summed E-state index contributed by atoms with van der Waals surface area (Å²) in [5.41, 5.74) is 6.10. The summed E-state index contributed by atoms with van der Waals surface area (Å²) < 4.78 is 0. The van der Waals surface area contributed by atoms with Crippen LogP contribution in [-0.4, -0.2) is 71.3 Å². The molecular weight excluding hydrogens is 614 g/mol. The third-order valence-corrected chi connectivity index (χ3v) is 10.1. The molecule has 4 fully saturated rings. The largest absolute Gasteiger partial charge is 0.412 e. The summed E-state index contributed by atoms with van der Waals surface area (Å²) in [6, 6.07) is 8.24. The smallest absolute Gasteiger partial charge is 0.243 e. The number of carbonyl (C=O) groups excluding carboxylic acids is 4. The van der Waals surface area contributed by atoms with Crippen molar-refractivity contribution in [2.24, 2.45) is 35.3 Å². The van der Waals surface area contributed by atoms with Crippen LogP contribution in [0.5, 0.6) is 0 Å². The van der Waals surface area contributed by atoms with Crippen LogP contribution in [0.25, 0.3) is 0 Å². The van der Waals surface area contributed by atoms with Crippen molar-refractivity contribution in [2.75, 3.05) is 18.6 Å². The van der Waals surface area contributed by atoms with E-state index in [0.717, 1.165) is 17.4 Å². The van der Waals surface area contributed by atoms with Crippen LogP contribution in [0.2, 0.25) is 0 Å². The molecule has 1 aromatic carbocycles. The first-order valence-electron chi connectivity index (χ1n) is 15.9. The Kier molecular flexibility index (Phi) is 15.1. The molecule has 45 heavy (non-hydrogen) atoms. The van der Waals surface area contributed by atoms with E-state index in [4.69, 9.17) is 5.73 Å². The molecule has 4 amide bonds. The molecule has 0 aliphatic heterocycles. The van der Waals surface area contributed by atoms with Crippen molar-refractivity contribution in [2.45, 2.75) is 95.8 Å². The summed E-state index contributed by atoms with van der Waals surface area (Å²) >= 11 is 1.57. The number of amides is 4. The molecule has 10 nitrogen and oxygen atoms in total. The van der Waals surface area contributed by atoms with Crippen molar-refractivity contribution in [3.05, 3.63) is 35.9 Å². The topological polar surface area (TPSA) is 174 Å². The molecule has 4 saturated carbocycles. The Bertz CT molecular complexity index is 1110. The predicted octanol–water partition coefficient (Wildman–Crippen LogP) is 2.37. The maximum Gasteiger partial charge on any atom is 0.243 e. The van der Waals surface area contributed by atoms with Gasteiger partial charge in [-0.25, -0.2) is 0 Å². The van der Waals surface area contributed by atoms with E-state index in [2.05, 4.69) is 21.3 Å². The molecule has 5 rings (SSSR count). The highest BCUT2D eigenvalue weighted by Crippen LogP contribution is 2.53. The van der Waals surface area contributed by atoms with Crippen LogP contribution in [0.15, 0.2) is 30.3 Å². The molecule has 0 aromatic heterocycles. The number of rotatable bonds is 15. The van der Waals surface area contributed by atoms with Gasteiger partial charge in [0.25, 0.3) is 0 Å². The van der Waals surface area contributed by atoms with Crippen LogP contribution < -0.4 is 27.0 Å². The molecule has 4 aliphatic rings. The van der Waals surface area contributed by atoms with Crippen molar-refractivity contribution in [3.63, 3.8) is 0 Å². The Balaban J connectivity index is 0.00000353. The van der Waals surface area contributed by atoms with Crippen LogP contribution in [0.1, 0.15) is 71.3 Å². The molecule has 1 aromatic rings.